The molecule has 0 amide bonds. The highest BCUT2D eigenvalue weighted by Gasteiger charge is 2.19. The van der Waals surface area contributed by atoms with E-state index in [2.05, 4.69) is 5.32 Å². The fraction of sp³-hybridized carbons (Fsp3) is 1.00. The van der Waals surface area contributed by atoms with Crippen LogP contribution in [0.5, 0.6) is 0 Å². The monoisotopic (exact) mass is 217 g/mol. The van der Waals surface area contributed by atoms with Gasteiger partial charge in [-0.25, -0.2) is 0 Å². The molecule has 2 N–H and O–H groups in total. The summed E-state index contributed by atoms with van der Waals surface area (Å²) in [7, 11) is 3.39. The Bertz CT molecular complexity index is 158. The molecule has 0 radical (unpaired) electrons. The molecular formula is C11H23NO3. The number of aliphatic hydroxyl groups excluding tert-OH is 1. The van der Waals surface area contributed by atoms with Crippen molar-refractivity contribution in [1.29, 1.82) is 0 Å². The highest BCUT2D eigenvalue weighted by Crippen LogP contribution is 2.18. The third-order valence-electron chi connectivity index (χ3n) is 3.02. The van der Waals surface area contributed by atoms with Crippen LogP contribution in [0.15, 0.2) is 0 Å². The van der Waals surface area contributed by atoms with Crippen LogP contribution in [-0.2, 0) is 9.47 Å². The lowest BCUT2D eigenvalue weighted by molar-refractivity contribution is 0.0251. The van der Waals surface area contributed by atoms with Gasteiger partial charge in [-0.1, -0.05) is 0 Å². The quantitative estimate of drug-likeness (QED) is 0.682. The maximum Gasteiger partial charge on any atom is 0.0928 e. The van der Waals surface area contributed by atoms with Gasteiger partial charge in [-0.15, -0.1) is 0 Å². The highest BCUT2D eigenvalue weighted by atomic mass is 16.5. The average Bonchev–Trinajstić information content (AvgIpc) is 2.26. The number of hydrogen-bond donors (Lipinski definition) is 2. The molecular weight excluding hydrogens is 194 g/mol. The minimum Gasteiger partial charge on any atom is -0.393 e. The zero-order valence-corrected chi connectivity index (χ0v) is 9.74. The Morgan fingerprint density at radius 3 is 2.47 bits per heavy atom. The van der Waals surface area contributed by atoms with E-state index in [9.17, 15) is 5.11 Å². The van der Waals surface area contributed by atoms with Gasteiger partial charge in [0.1, 0.15) is 0 Å². The summed E-state index contributed by atoms with van der Waals surface area (Å²) in [6, 6.07) is 0.530. The smallest absolute Gasteiger partial charge is 0.0928 e. The number of nitrogens with one attached hydrogen (secondary N) is 1. The second-order valence-electron chi connectivity index (χ2n) is 4.23. The Labute approximate surface area is 92.0 Å². The predicted molar refractivity (Wildman–Crippen MR) is 58.9 cm³/mol. The fourth-order valence-electron chi connectivity index (χ4n) is 1.97. The van der Waals surface area contributed by atoms with Crippen LogP contribution < -0.4 is 5.32 Å². The summed E-state index contributed by atoms with van der Waals surface area (Å²) >= 11 is 0. The van der Waals surface area contributed by atoms with Crippen molar-refractivity contribution in [2.45, 2.75) is 43.9 Å². The third-order valence-corrected chi connectivity index (χ3v) is 3.02. The first kappa shape index (κ1) is 12.9. The van der Waals surface area contributed by atoms with E-state index >= 15 is 0 Å². The second kappa shape index (κ2) is 7.17. The molecule has 0 spiro atoms. The van der Waals surface area contributed by atoms with Crippen LogP contribution in [0.4, 0.5) is 0 Å². The molecule has 1 saturated carbocycles. The molecule has 1 aliphatic rings. The van der Waals surface area contributed by atoms with Crippen LogP contribution in [0, 0.1) is 0 Å². The van der Waals surface area contributed by atoms with E-state index < -0.39 is 0 Å². The van der Waals surface area contributed by atoms with Crippen LogP contribution in [0.25, 0.3) is 0 Å². The molecule has 1 atom stereocenters. The summed E-state index contributed by atoms with van der Waals surface area (Å²) in [6.45, 7) is 1.45. The first-order valence-electron chi connectivity index (χ1n) is 5.69. The van der Waals surface area contributed by atoms with Crippen LogP contribution in [0.2, 0.25) is 0 Å². The zero-order chi connectivity index (χ0) is 11.1. The molecule has 4 nitrogen and oxygen atoms in total. The summed E-state index contributed by atoms with van der Waals surface area (Å²) < 4.78 is 10.3. The summed E-state index contributed by atoms with van der Waals surface area (Å²) in [5.74, 6) is 0. The van der Waals surface area contributed by atoms with Gasteiger partial charge in [-0.2, -0.15) is 0 Å². The van der Waals surface area contributed by atoms with Gasteiger partial charge >= 0.3 is 0 Å². The van der Waals surface area contributed by atoms with Crippen LogP contribution in [0.1, 0.15) is 25.7 Å². The predicted octanol–water partition coefficient (Wildman–Crippen LogP) is 0.541. The van der Waals surface area contributed by atoms with E-state index in [0.29, 0.717) is 12.6 Å². The number of hydrogen-bond acceptors (Lipinski definition) is 4. The van der Waals surface area contributed by atoms with Gasteiger partial charge in [0.2, 0.25) is 0 Å². The van der Waals surface area contributed by atoms with E-state index in [1.54, 1.807) is 14.2 Å². The second-order valence-corrected chi connectivity index (χ2v) is 4.23. The van der Waals surface area contributed by atoms with Gasteiger partial charge in [0.25, 0.3) is 0 Å². The molecule has 0 heterocycles. The molecule has 0 aromatic heterocycles. The summed E-state index contributed by atoms with van der Waals surface area (Å²) in [5, 5.41) is 12.8. The molecule has 4 heteroatoms. The van der Waals surface area contributed by atoms with Crippen molar-refractivity contribution in [2.24, 2.45) is 0 Å². The normalized spacial score (nSPS) is 29.0. The minimum atomic E-state index is -0.0831. The zero-order valence-electron chi connectivity index (χ0n) is 9.74. The van der Waals surface area contributed by atoms with Crippen molar-refractivity contribution >= 4 is 0 Å². The van der Waals surface area contributed by atoms with Crippen LogP contribution >= 0.6 is 0 Å². The number of aliphatic hydroxyl groups is 1. The fourth-order valence-corrected chi connectivity index (χ4v) is 1.97. The van der Waals surface area contributed by atoms with Crippen molar-refractivity contribution in [3.8, 4) is 0 Å². The Morgan fingerprint density at radius 1 is 1.27 bits per heavy atom. The molecule has 1 rings (SSSR count). The molecule has 0 aromatic rings. The number of ether oxygens (including phenoxy) is 2. The van der Waals surface area contributed by atoms with E-state index in [-0.39, 0.29) is 12.2 Å². The standard InChI is InChI=1S/C11H23NO3/c1-14-8-11(15-2)7-12-9-3-5-10(13)6-4-9/h9-13H,3-8H2,1-2H3. The van der Waals surface area contributed by atoms with Crippen molar-refractivity contribution in [1.82, 2.24) is 5.32 Å². The molecule has 15 heavy (non-hydrogen) atoms. The Balaban J connectivity index is 2.12. The van der Waals surface area contributed by atoms with Gasteiger partial charge in [-0.05, 0) is 25.7 Å². The third kappa shape index (κ3) is 4.93. The van der Waals surface area contributed by atoms with Crippen molar-refractivity contribution in [2.75, 3.05) is 27.4 Å². The van der Waals surface area contributed by atoms with Crippen LogP contribution in [0.3, 0.4) is 0 Å². The first-order valence-corrected chi connectivity index (χ1v) is 5.69. The van der Waals surface area contributed by atoms with Gasteiger partial charge in [0.15, 0.2) is 0 Å². The Morgan fingerprint density at radius 2 is 1.93 bits per heavy atom. The number of rotatable bonds is 6. The molecule has 0 saturated heterocycles. The molecule has 1 fully saturated rings. The van der Waals surface area contributed by atoms with E-state index in [4.69, 9.17) is 9.47 Å². The topological polar surface area (TPSA) is 50.7 Å². The molecule has 0 aliphatic heterocycles. The minimum absolute atomic E-state index is 0.0831. The first-order chi connectivity index (χ1) is 7.26. The van der Waals surface area contributed by atoms with Gasteiger partial charge < -0.3 is 19.9 Å². The summed E-state index contributed by atoms with van der Waals surface area (Å²) in [6.07, 6.45) is 4.00. The number of methoxy groups -OCH3 is 2. The van der Waals surface area contributed by atoms with E-state index in [0.717, 1.165) is 32.2 Å². The highest BCUT2D eigenvalue weighted by molar-refractivity contribution is 4.77. The maximum absolute atomic E-state index is 9.36. The van der Waals surface area contributed by atoms with Gasteiger partial charge in [0, 0.05) is 26.8 Å². The van der Waals surface area contributed by atoms with E-state index in [1.165, 1.54) is 0 Å². The molecule has 0 bridgehead atoms. The molecule has 1 aliphatic carbocycles. The van der Waals surface area contributed by atoms with Crippen LogP contribution in [-0.4, -0.2) is 50.7 Å². The average molecular weight is 217 g/mol. The molecule has 90 valence electrons. The molecule has 0 aromatic carbocycles. The van der Waals surface area contributed by atoms with Crippen molar-refractivity contribution < 1.29 is 14.6 Å². The summed E-state index contributed by atoms with van der Waals surface area (Å²) in [4.78, 5) is 0. The lowest BCUT2D eigenvalue weighted by Crippen LogP contribution is -2.40. The Hall–Kier alpha value is -0.160. The van der Waals surface area contributed by atoms with Gasteiger partial charge in [-0.3, -0.25) is 0 Å². The lowest BCUT2D eigenvalue weighted by Gasteiger charge is -2.27. The SMILES string of the molecule is COCC(CNC1CCC(O)CC1)OC. The summed E-state index contributed by atoms with van der Waals surface area (Å²) in [5.41, 5.74) is 0. The van der Waals surface area contributed by atoms with E-state index in [1.807, 2.05) is 0 Å². The van der Waals surface area contributed by atoms with Gasteiger partial charge in [0.05, 0.1) is 18.8 Å². The Kier molecular flexibility index (Phi) is 6.17. The lowest BCUT2D eigenvalue weighted by atomic mass is 9.93. The maximum atomic E-state index is 9.36. The van der Waals surface area contributed by atoms with Crippen molar-refractivity contribution in [3.63, 3.8) is 0 Å². The largest absolute Gasteiger partial charge is 0.393 e. The van der Waals surface area contributed by atoms with Crippen molar-refractivity contribution in [3.05, 3.63) is 0 Å². The molecule has 1 unspecified atom stereocenters.